The van der Waals surface area contributed by atoms with E-state index in [0.29, 0.717) is 0 Å². The van der Waals surface area contributed by atoms with Gasteiger partial charge in [0.1, 0.15) is 5.75 Å². The highest BCUT2D eigenvalue weighted by Gasteiger charge is 2.24. The molecule has 0 bridgehead atoms. The van der Waals surface area contributed by atoms with Crippen LogP contribution in [0.4, 0.5) is 0 Å². The van der Waals surface area contributed by atoms with Crippen molar-refractivity contribution in [3.63, 3.8) is 0 Å². The molecule has 1 aromatic carbocycles. The van der Waals surface area contributed by atoms with Crippen LogP contribution in [0.5, 0.6) is 5.75 Å². The summed E-state index contributed by atoms with van der Waals surface area (Å²) in [5.41, 5.74) is 7.80. The fourth-order valence-corrected chi connectivity index (χ4v) is 3.22. The summed E-state index contributed by atoms with van der Waals surface area (Å²) in [6.07, 6.45) is 1.72. The fraction of sp³-hybridized carbons (Fsp3) is 0.333. The number of nitrogens with zero attached hydrogens (tertiary/aromatic N) is 2. The predicted molar refractivity (Wildman–Crippen MR) is 79.9 cm³/mol. The van der Waals surface area contributed by atoms with E-state index in [9.17, 15) is 0 Å². The Balaban J connectivity index is 1.86. The van der Waals surface area contributed by atoms with Gasteiger partial charge < -0.3 is 10.5 Å². The second-order valence-corrected chi connectivity index (χ2v) is 5.98. The molecule has 0 spiro atoms. The van der Waals surface area contributed by atoms with Crippen LogP contribution in [0.2, 0.25) is 0 Å². The molecule has 1 unspecified atom stereocenters. The summed E-state index contributed by atoms with van der Waals surface area (Å²) >= 11 is 1.78. The molecule has 2 atom stereocenters. The van der Waals surface area contributed by atoms with Gasteiger partial charge in [0.05, 0.1) is 0 Å². The lowest BCUT2D eigenvalue weighted by molar-refractivity contribution is 0.210. The highest BCUT2D eigenvalue weighted by Crippen LogP contribution is 2.39. The van der Waals surface area contributed by atoms with Crippen molar-refractivity contribution in [2.24, 2.45) is 5.73 Å². The van der Waals surface area contributed by atoms with Crippen molar-refractivity contribution in [3.8, 4) is 5.75 Å². The number of hydrogen-bond acceptors (Lipinski definition) is 5. The number of aryl methyl sites for hydroxylation is 1. The third-order valence-corrected chi connectivity index (χ3v) is 4.44. The van der Waals surface area contributed by atoms with Gasteiger partial charge in [0.2, 0.25) is 0 Å². The van der Waals surface area contributed by atoms with Crippen LogP contribution in [0, 0.1) is 6.92 Å². The van der Waals surface area contributed by atoms with Crippen LogP contribution < -0.4 is 10.5 Å². The summed E-state index contributed by atoms with van der Waals surface area (Å²) in [6.45, 7) is 3.91. The number of fused-ring (bicyclic) bond motifs is 1. The lowest BCUT2D eigenvalue weighted by Crippen LogP contribution is -2.19. The van der Waals surface area contributed by atoms with Gasteiger partial charge in [-0.3, -0.25) is 0 Å². The lowest BCUT2D eigenvalue weighted by Gasteiger charge is -2.24. The standard InChI is InChI=1S/C15H17N3OS/c1-9(16)11-7-17-15(18-10(11)2)13-8-20-14-6-4-3-5-12(14)19-13/h3-7,9,13H,8,16H2,1-2H3/t9-,13?/m0/s1. The summed E-state index contributed by atoms with van der Waals surface area (Å²) in [4.78, 5) is 10.2. The number of thioether (sulfide) groups is 1. The van der Waals surface area contributed by atoms with Gasteiger partial charge in [-0.25, -0.2) is 9.97 Å². The van der Waals surface area contributed by atoms with Crippen LogP contribution >= 0.6 is 11.8 Å². The van der Waals surface area contributed by atoms with E-state index >= 15 is 0 Å². The summed E-state index contributed by atoms with van der Waals surface area (Å²) < 4.78 is 6.00. The van der Waals surface area contributed by atoms with Crippen molar-refractivity contribution in [1.82, 2.24) is 9.97 Å². The Morgan fingerprint density at radius 1 is 1.40 bits per heavy atom. The van der Waals surface area contributed by atoms with E-state index in [1.807, 2.05) is 38.2 Å². The molecule has 4 nitrogen and oxygen atoms in total. The van der Waals surface area contributed by atoms with E-state index < -0.39 is 0 Å². The maximum atomic E-state index is 6.00. The highest BCUT2D eigenvalue weighted by atomic mass is 32.2. The fourth-order valence-electron chi connectivity index (χ4n) is 2.24. The molecule has 0 radical (unpaired) electrons. The normalized spacial score (nSPS) is 19.1. The van der Waals surface area contributed by atoms with E-state index in [2.05, 4.69) is 16.0 Å². The third-order valence-electron chi connectivity index (χ3n) is 3.32. The Kier molecular flexibility index (Phi) is 3.63. The van der Waals surface area contributed by atoms with Gasteiger partial charge >= 0.3 is 0 Å². The Labute approximate surface area is 122 Å². The van der Waals surface area contributed by atoms with Gasteiger partial charge in [-0.15, -0.1) is 11.8 Å². The van der Waals surface area contributed by atoms with Crippen molar-refractivity contribution in [3.05, 3.63) is 47.5 Å². The third kappa shape index (κ3) is 2.51. The molecule has 5 heteroatoms. The molecule has 0 fully saturated rings. The molecular formula is C15H17N3OS. The van der Waals surface area contributed by atoms with Gasteiger partial charge in [0.25, 0.3) is 0 Å². The molecule has 1 aliphatic rings. The van der Waals surface area contributed by atoms with Crippen molar-refractivity contribution in [2.45, 2.75) is 30.9 Å². The van der Waals surface area contributed by atoms with Crippen LogP contribution in [-0.2, 0) is 0 Å². The number of benzene rings is 1. The van der Waals surface area contributed by atoms with E-state index in [1.54, 1.807) is 11.8 Å². The van der Waals surface area contributed by atoms with Crippen molar-refractivity contribution in [2.75, 3.05) is 5.75 Å². The topological polar surface area (TPSA) is 61.0 Å². The predicted octanol–water partition coefficient (Wildman–Crippen LogP) is 3.03. The summed E-state index contributed by atoms with van der Waals surface area (Å²) in [7, 11) is 0. The number of ether oxygens (including phenoxy) is 1. The lowest BCUT2D eigenvalue weighted by atomic mass is 10.1. The number of nitrogens with two attached hydrogens (primary N) is 1. The van der Waals surface area contributed by atoms with E-state index in [4.69, 9.17) is 10.5 Å². The van der Waals surface area contributed by atoms with Gasteiger partial charge in [-0.2, -0.15) is 0 Å². The Morgan fingerprint density at radius 2 is 2.20 bits per heavy atom. The smallest absolute Gasteiger partial charge is 0.170 e. The zero-order valence-corrected chi connectivity index (χ0v) is 12.4. The Hall–Kier alpha value is -1.59. The first-order valence-corrected chi connectivity index (χ1v) is 7.61. The molecule has 2 N–H and O–H groups in total. The second kappa shape index (κ2) is 5.42. The zero-order chi connectivity index (χ0) is 14.1. The van der Waals surface area contributed by atoms with Crippen molar-refractivity contribution < 1.29 is 4.74 Å². The second-order valence-electron chi connectivity index (χ2n) is 4.92. The first-order valence-electron chi connectivity index (χ1n) is 6.62. The summed E-state index contributed by atoms with van der Waals surface area (Å²) in [5.74, 6) is 2.47. The quantitative estimate of drug-likeness (QED) is 0.920. The number of para-hydroxylation sites is 1. The van der Waals surface area contributed by atoms with Gasteiger partial charge in [0, 0.05) is 34.1 Å². The summed E-state index contributed by atoms with van der Waals surface area (Å²) in [6, 6.07) is 8.01. The van der Waals surface area contributed by atoms with Gasteiger partial charge in [0.15, 0.2) is 11.9 Å². The molecule has 0 aliphatic carbocycles. The molecule has 20 heavy (non-hydrogen) atoms. The van der Waals surface area contributed by atoms with Crippen LogP contribution in [0.25, 0.3) is 0 Å². The highest BCUT2D eigenvalue weighted by molar-refractivity contribution is 7.99. The molecule has 3 rings (SSSR count). The van der Waals surface area contributed by atoms with Gasteiger partial charge in [-0.1, -0.05) is 12.1 Å². The molecule has 1 aliphatic heterocycles. The maximum Gasteiger partial charge on any atom is 0.170 e. The largest absolute Gasteiger partial charge is 0.480 e. The molecule has 0 amide bonds. The first kappa shape index (κ1) is 13.4. The molecule has 0 saturated carbocycles. The molecule has 0 saturated heterocycles. The van der Waals surface area contributed by atoms with E-state index in [1.165, 1.54) is 4.90 Å². The molecule has 1 aromatic heterocycles. The van der Waals surface area contributed by atoms with Gasteiger partial charge in [-0.05, 0) is 26.0 Å². The molecule has 2 heterocycles. The number of hydrogen-bond donors (Lipinski definition) is 1. The minimum Gasteiger partial charge on any atom is -0.480 e. The van der Waals surface area contributed by atoms with E-state index in [-0.39, 0.29) is 12.1 Å². The monoisotopic (exact) mass is 287 g/mol. The van der Waals surface area contributed by atoms with Crippen LogP contribution in [-0.4, -0.2) is 15.7 Å². The minimum atomic E-state index is -0.101. The first-order chi connectivity index (χ1) is 9.65. The average Bonchev–Trinajstić information content (AvgIpc) is 2.46. The van der Waals surface area contributed by atoms with Crippen LogP contribution in [0.1, 0.15) is 36.2 Å². The summed E-state index contributed by atoms with van der Waals surface area (Å²) in [5, 5.41) is 0. The van der Waals surface area contributed by atoms with Crippen LogP contribution in [0.15, 0.2) is 35.4 Å². The number of rotatable bonds is 2. The van der Waals surface area contributed by atoms with Crippen molar-refractivity contribution in [1.29, 1.82) is 0 Å². The van der Waals surface area contributed by atoms with Crippen molar-refractivity contribution >= 4 is 11.8 Å². The Bertz CT molecular complexity index is 630. The Morgan fingerprint density at radius 3 is 2.95 bits per heavy atom. The SMILES string of the molecule is Cc1nc(C2CSc3ccccc3O2)ncc1[C@H](C)N. The number of aromatic nitrogens is 2. The maximum absolute atomic E-state index is 6.00. The van der Waals surface area contributed by atoms with E-state index in [0.717, 1.165) is 28.6 Å². The average molecular weight is 287 g/mol. The molecular weight excluding hydrogens is 270 g/mol. The van der Waals surface area contributed by atoms with Crippen LogP contribution in [0.3, 0.4) is 0 Å². The minimum absolute atomic E-state index is 0.0496. The molecule has 2 aromatic rings. The zero-order valence-electron chi connectivity index (χ0n) is 11.5. The molecule has 104 valence electrons.